The van der Waals surface area contributed by atoms with Crippen molar-refractivity contribution in [3.8, 4) is 44.5 Å². The summed E-state index contributed by atoms with van der Waals surface area (Å²) in [7, 11) is 0. The second-order valence-electron chi connectivity index (χ2n) is 16.1. The van der Waals surface area contributed by atoms with Gasteiger partial charge in [0.15, 0.2) is 0 Å². The maximum absolute atomic E-state index is 6.10. The van der Waals surface area contributed by atoms with Crippen LogP contribution in [-0.4, -0.2) is 0 Å². The van der Waals surface area contributed by atoms with Crippen LogP contribution in [0.2, 0.25) is 0 Å². The monoisotopic (exact) mass is 777 g/mol. The quantitative estimate of drug-likeness (QED) is 0.163. The van der Waals surface area contributed by atoms with Crippen LogP contribution in [-0.2, 0) is 5.41 Å². The second-order valence-corrected chi connectivity index (χ2v) is 16.1. The number of hydrogen-bond acceptors (Lipinski definition) is 2. The molecular weight excluding hydrogens is 739 g/mol. The van der Waals surface area contributed by atoms with E-state index in [2.05, 4.69) is 224 Å². The smallest absolute Gasteiger partial charge is 0.135 e. The molecule has 1 aromatic heterocycles. The van der Waals surface area contributed by atoms with Crippen LogP contribution in [0, 0.1) is 0 Å². The normalized spacial score (nSPS) is 13.2. The molecule has 2 heteroatoms. The lowest BCUT2D eigenvalue weighted by molar-refractivity contribution is 0.669. The van der Waals surface area contributed by atoms with Crippen molar-refractivity contribution in [2.45, 2.75) is 5.41 Å². The SMILES string of the molecule is C(=C/c1cc2c(cc1/C=C/Nc1ccc(-c3ccccc3)cc1)C1(c3ccccc3-c3ccccc31)c1ccccc1-2)/c1ccc(-c2ccc3oc4ccccc4c3c2)cc1. The van der Waals surface area contributed by atoms with Crippen LogP contribution in [0.4, 0.5) is 5.69 Å². The molecule has 2 aliphatic carbocycles. The first-order valence-electron chi connectivity index (χ1n) is 21.0. The fourth-order valence-electron chi connectivity index (χ4n) is 9.96. The average Bonchev–Trinajstić information content (AvgIpc) is 3.95. The molecule has 10 aromatic rings. The van der Waals surface area contributed by atoms with Crippen molar-refractivity contribution in [2.24, 2.45) is 0 Å². The molecule has 0 saturated heterocycles. The number of para-hydroxylation sites is 1. The van der Waals surface area contributed by atoms with Crippen molar-refractivity contribution in [2.75, 3.05) is 5.32 Å². The third-order valence-electron chi connectivity index (χ3n) is 12.8. The zero-order valence-electron chi connectivity index (χ0n) is 33.3. The lowest BCUT2D eigenvalue weighted by atomic mass is 9.70. The molecule has 12 rings (SSSR count). The number of furan rings is 1. The van der Waals surface area contributed by atoms with Crippen LogP contribution in [0.3, 0.4) is 0 Å². The van der Waals surface area contributed by atoms with E-state index >= 15 is 0 Å². The lowest BCUT2D eigenvalue weighted by Crippen LogP contribution is -2.26. The summed E-state index contributed by atoms with van der Waals surface area (Å²) >= 11 is 0. The summed E-state index contributed by atoms with van der Waals surface area (Å²) in [5.41, 5.74) is 21.2. The van der Waals surface area contributed by atoms with Gasteiger partial charge >= 0.3 is 0 Å². The summed E-state index contributed by atoms with van der Waals surface area (Å²) in [6, 6.07) is 74.6. The van der Waals surface area contributed by atoms with Gasteiger partial charge in [-0.1, -0.05) is 176 Å². The van der Waals surface area contributed by atoms with E-state index < -0.39 is 5.41 Å². The molecule has 1 spiro atoms. The minimum atomic E-state index is -0.410. The minimum Gasteiger partial charge on any atom is -0.456 e. The van der Waals surface area contributed by atoms with E-state index in [4.69, 9.17) is 4.42 Å². The topological polar surface area (TPSA) is 25.2 Å². The van der Waals surface area contributed by atoms with Crippen molar-refractivity contribution in [1.82, 2.24) is 0 Å². The molecule has 0 atom stereocenters. The zero-order chi connectivity index (χ0) is 40.3. The first kappa shape index (κ1) is 35.0. The Balaban J connectivity index is 0.945. The van der Waals surface area contributed by atoms with Crippen molar-refractivity contribution in [3.05, 3.63) is 251 Å². The standard InChI is InChI=1S/C59H39NO/c1-2-12-40(13-3-1)41-28-31-46(32-29-41)60-35-34-45-38-56-51(49-16-6-10-20-55(49)59(56)53-18-8-4-14-47(53)48-15-5-9-19-54(48)59)36-44(45)27-24-39-22-25-42(26-23-39)43-30-33-58-52(37-43)50-17-7-11-21-57(50)61-58/h1-38,60H/b27-24-,35-34+. The number of rotatable bonds is 7. The third kappa shape index (κ3) is 5.64. The van der Waals surface area contributed by atoms with E-state index in [0.717, 1.165) is 44.3 Å². The summed E-state index contributed by atoms with van der Waals surface area (Å²) in [6.45, 7) is 0. The highest BCUT2D eigenvalue weighted by molar-refractivity contribution is 6.06. The Bertz CT molecular complexity index is 3320. The van der Waals surface area contributed by atoms with Gasteiger partial charge in [-0.05, 0) is 132 Å². The fraction of sp³-hybridized carbons (Fsp3) is 0.0169. The van der Waals surface area contributed by atoms with E-state index in [1.807, 2.05) is 12.1 Å². The molecule has 61 heavy (non-hydrogen) atoms. The minimum absolute atomic E-state index is 0.410. The molecule has 0 saturated carbocycles. The van der Waals surface area contributed by atoms with Gasteiger partial charge in [0.05, 0.1) is 5.41 Å². The van der Waals surface area contributed by atoms with Gasteiger partial charge in [0, 0.05) is 22.7 Å². The van der Waals surface area contributed by atoms with Crippen LogP contribution >= 0.6 is 0 Å². The second kappa shape index (κ2) is 14.1. The molecule has 0 bridgehead atoms. The Hall–Kier alpha value is -7.94. The Morgan fingerprint density at radius 2 is 0.902 bits per heavy atom. The largest absolute Gasteiger partial charge is 0.456 e. The number of anilines is 1. The van der Waals surface area contributed by atoms with Gasteiger partial charge in [-0.2, -0.15) is 0 Å². The number of hydrogen-bond donors (Lipinski definition) is 1. The highest BCUT2D eigenvalue weighted by Gasteiger charge is 2.51. The fourth-order valence-corrected chi connectivity index (χ4v) is 9.96. The van der Waals surface area contributed by atoms with Gasteiger partial charge in [0.1, 0.15) is 11.2 Å². The predicted molar refractivity (Wildman–Crippen MR) is 255 cm³/mol. The Labute approximate surface area is 355 Å². The van der Waals surface area contributed by atoms with Crippen LogP contribution in [0.15, 0.2) is 217 Å². The highest BCUT2D eigenvalue weighted by atomic mass is 16.3. The van der Waals surface area contributed by atoms with E-state index in [0.29, 0.717) is 0 Å². The molecule has 0 amide bonds. The zero-order valence-corrected chi connectivity index (χ0v) is 33.3. The molecule has 0 radical (unpaired) electrons. The van der Waals surface area contributed by atoms with Crippen LogP contribution < -0.4 is 5.32 Å². The van der Waals surface area contributed by atoms with Crippen LogP contribution in [0.25, 0.3) is 84.7 Å². The number of nitrogens with one attached hydrogen (secondary N) is 1. The predicted octanol–water partition coefficient (Wildman–Crippen LogP) is 15.5. The molecule has 1 heterocycles. The lowest BCUT2D eigenvalue weighted by Gasteiger charge is -2.30. The summed E-state index contributed by atoms with van der Waals surface area (Å²) in [5.74, 6) is 0. The van der Waals surface area contributed by atoms with E-state index in [-0.39, 0.29) is 0 Å². The molecular formula is C59H39NO. The maximum atomic E-state index is 6.10. The molecule has 0 unspecified atom stereocenters. The van der Waals surface area contributed by atoms with Gasteiger partial charge in [-0.15, -0.1) is 0 Å². The molecule has 1 N–H and O–H groups in total. The first-order chi connectivity index (χ1) is 30.2. The maximum Gasteiger partial charge on any atom is 0.135 e. The highest BCUT2D eigenvalue weighted by Crippen LogP contribution is 2.63. The van der Waals surface area contributed by atoms with Gasteiger partial charge < -0.3 is 9.73 Å². The third-order valence-corrected chi connectivity index (χ3v) is 12.8. The van der Waals surface area contributed by atoms with E-state index in [1.54, 1.807) is 0 Å². The van der Waals surface area contributed by atoms with Gasteiger partial charge in [0.25, 0.3) is 0 Å². The summed E-state index contributed by atoms with van der Waals surface area (Å²) < 4.78 is 6.10. The van der Waals surface area contributed by atoms with E-state index in [1.165, 1.54) is 66.8 Å². The van der Waals surface area contributed by atoms with Crippen molar-refractivity contribution in [1.29, 1.82) is 0 Å². The Morgan fingerprint density at radius 3 is 1.62 bits per heavy atom. The van der Waals surface area contributed by atoms with Crippen molar-refractivity contribution in [3.63, 3.8) is 0 Å². The molecule has 9 aromatic carbocycles. The summed E-state index contributed by atoms with van der Waals surface area (Å²) in [5, 5.41) is 5.86. The number of benzene rings is 9. The Kier molecular flexibility index (Phi) is 8.11. The Morgan fingerprint density at radius 1 is 0.361 bits per heavy atom. The van der Waals surface area contributed by atoms with Crippen LogP contribution in [0.1, 0.15) is 38.9 Å². The van der Waals surface area contributed by atoms with Crippen LogP contribution in [0.5, 0.6) is 0 Å². The molecule has 2 aliphatic rings. The van der Waals surface area contributed by atoms with Gasteiger partial charge in [-0.25, -0.2) is 0 Å². The molecule has 286 valence electrons. The molecule has 0 fully saturated rings. The first-order valence-corrected chi connectivity index (χ1v) is 21.0. The molecule has 0 aliphatic heterocycles. The van der Waals surface area contributed by atoms with Crippen molar-refractivity contribution >= 4 is 45.9 Å². The van der Waals surface area contributed by atoms with Crippen molar-refractivity contribution < 1.29 is 4.42 Å². The molecule has 2 nitrogen and oxygen atoms in total. The summed E-state index contributed by atoms with van der Waals surface area (Å²) in [4.78, 5) is 0. The number of fused-ring (bicyclic) bond motifs is 13. The van der Waals surface area contributed by atoms with Gasteiger partial charge in [0.2, 0.25) is 0 Å². The van der Waals surface area contributed by atoms with E-state index in [9.17, 15) is 0 Å². The summed E-state index contributed by atoms with van der Waals surface area (Å²) in [6.07, 6.45) is 8.82. The van der Waals surface area contributed by atoms with Gasteiger partial charge in [-0.3, -0.25) is 0 Å². The average molecular weight is 778 g/mol.